The van der Waals surface area contributed by atoms with Gasteiger partial charge in [-0.1, -0.05) is 35.9 Å². The minimum Gasteiger partial charge on any atom is -0.332 e. The highest BCUT2D eigenvalue weighted by atomic mass is 32.1. The van der Waals surface area contributed by atoms with Crippen LogP contribution >= 0.6 is 11.3 Å². The van der Waals surface area contributed by atoms with Gasteiger partial charge in [-0.2, -0.15) is 0 Å². The summed E-state index contributed by atoms with van der Waals surface area (Å²) in [7, 11) is 0. The van der Waals surface area contributed by atoms with Crippen LogP contribution in [0, 0.1) is 6.92 Å². The van der Waals surface area contributed by atoms with Gasteiger partial charge >= 0.3 is 0 Å². The van der Waals surface area contributed by atoms with Crippen molar-refractivity contribution < 1.29 is 4.79 Å². The van der Waals surface area contributed by atoms with E-state index < -0.39 is 0 Å². The van der Waals surface area contributed by atoms with Gasteiger partial charge in [0.25, 0.3) is 5.91 Å². The Bertz CT molecular complexity index is 617. The van der Waals surface area contributed by atoms with Crippen molar-refractivity contribution in [3.63, 3.8) is 0 Å². The molecule has 0 N–H and O–H groups in total. The molecule has 0 bridgehead atoms. The normalized spacial score (nSPS) is 21.3. The molecule has 2 atom stereocenters. The van der Waals surface area contributed by atoms with Crippen LogP contribution < -0.4 is 0 Å². The fourth-order valence-electron chi connectivity index (χ4n) is 3.34. The minimum atomic E-state index is 0.217. The van der Waals surface area contributed by atoms with E-state index in [2.05, 4.69) is 43.0 Å². The monoisotopic (exact) mass is 313 g/mol. The predicted molar refractivity (Wildman–Crippen MR) is 92.5 cm³/mol. The summed E-state index contributed by atoms with van der Waals surface area (Å²) < 4.78 is 0. The Morgan fingerprint density at radius 2 is 2.00 bits per heavy atom. The molecule has 3 heteroatoms. The van der Waals surface area contributed by atoms with Crippen LogP contribution in [0.1, 0.15) is 47.0 Å². The average molecular weight is 313 g/mol. The molecule has 3 rings (SSSR count). The number of amides is 1. The van der Waals surface area contributed by atoms with Crippen molar-refractivity contribution in [2.75, 3.05) is 0 Å². The standard InChI is InChI=1S/C19H23NOS/c1-14-5-8-16(9-6-14)10-12-17-11-7-15(2)20(17)19(21)18-4-3-13-22-18/h3-6,8-9,13,15,17H,7,10-12H2,1-2H3/t15-,17-/m1/s1. The zero-order valence-corrected chi connectivity index (χ0v) is 14.1. The quantitative estimate of drug-likeness (QED) is 0.802. The first-order valence-corrected chi connectivity index (χ1v) is 8.95. The lowest BCUT2D eigenvalue weighted by atomic mass is 10.0. The molecule has 0 radical (unpaired) electrons. The van der Waals surface area contributed by atoms with E-state index in [1.165, 1.54) is 11.1 Å². The van der Waals surface area contributed by atoms with E-state index in [0.29, 0.717) is 12.1 Å². The van der Waals surface area contributed by atoms with Gasteiger partial charge in [0, 0.05) is 12.1 Å². The third-order valence-electron chi connectivity index (χ3n) is 4.64. The van der Waals surface area contributed by atoms with Crippen molar-refractivity contribution in [1.82, 2.24) is 4.90 Å². The molecule has 1 amide bonds. The number of hydrogen-bond donors (Lipinski definition) is 0. The molecule has 0 unspecified atom stereocenters. The number of rotatable bonds is 4. The smallest absolute Gasteiger partial charge is 0.264 e. The molecule has 2 aromatic rings. The molecule has 0 aliphatic carbocycles. The van der Waals surface area contributed by atoms with Gasteiger partial charge in [-0.3, -0.25) is 4.79 Å². The maximum absolute atomic E-state index is 12.7. The van der Waals surface area contributed by atoms with E-state index >= 15 is 0 Å². The SMILES string of the molecule is Cc1ccc(CC[C@H]2CC[C@@H](C)N2C(=O)c2cccs2)cc1. The Kier molecular flexibility index (Phi) is 4.63. The van der Waals surface area contributed by atoms with Gasteiger partial charge < -0.3 is 4.90 Å². The van der Waals surface area contributed by atoms with Gasteiger partial charge in [0.2, 0.25) is 0 Å². The lowest BCUT2D eigenvalue weighted by Gasteiger charge is -2.28. The highest BCUT2D eigenvalue weighted by molar-refractivity contribution is 7.12. The second-order valence-corrected chi connectivity index (χ2v) is 7.24. The zero-order chi connectivity index (χ0) is 15.5. The molecule has 1 aromatic heterocycles. The van der Waals surface area contributed by atoms with Gasteiger partial charge in [-0.15, -0.1) is 11.3 Å². The Labute approximate surface area is 136 Å². The van der Waals surface area contributed by atoms with E-state index in [0.717, 1.165) is 30.6 Å². The summed E-state index contributed by atoms with van der Waals surface area (Å²) in [5.41, 5.74) is 2.67. The molecule has 22 heavy (non-hydrogen) atoms. The van der Waals surface area contributed by atoms with Crippen molar-refractivity contribution in [1.29, 1.82) is 0 Å². The van der Waals surface area contributed by atoms with Crippen molar-refractivity contribution >= 4 is 17.2 Å². The summed E-state index contributed by atoms with van der Waals surface area (Å²) in [6.07, 6.45) is 4.36. The molecule has 1 aromatic carbocycles. The number of nitrogens with zero attached hydrogens (tertiary/aromatic N) is 1. The summed E-state index contributed by atoms with van der Waals surface area (Å²) in [4.78, 5) is 15.7. The zero-order valence-electron chi connectivity index (χ0n) is 13.3. The summed E-state index contributed by atoms with van der Waals surface area (Å²) in [5, 5.41) is 1.98. The number of carbonyl (C=O) groups excluding carboxylic acids is 1. The Morgan fingerprint density at radius 3 is 2.68 bits per heavy atom. The van der Waals surface area contributed by atoms with Crippen LogP contribution in [0.15, 0.2) is 41.8 Å². The van der Waals surface area contributed by atoms with Crippen LogP contribution in [0.25, 0.3) is 0 Å². The molecular weight excluding hydrogens is 290 g/mol. The minimum absolute atomic E-state index is 0.217. The fourth-order valence-corrected chi connectivity index (χ4v) is 4.00. The van der Waals surface area contributed by atoms with Crippen LogP contribution in [0.4, 0.5) is 0 Å². The molecule has 0 saturated carbocycles. The van der Waals surface area contributed by atoms with Crippen molar-refractivity contribution in [2.24, 2.45) is 0 Å². The molecule has 1 aliphatic rings. The molecular formula is C19H23NOS. The maximum Gasteiger partial charge on any atom is 0.264 e. The summed E-state index contributed by atoms with van der Waals surface area (Å²) in [6, 6.07) is 13.4. The van der Waals surface area contributed by atoms with E-state index in [4.69, 9.17) is 0 Å². The highest BCUT2D eigenvalue weighted by Gasteiger charge is 2.34. The largest absolute Gasteiger partial charge is 0.332 e. The van der Waals surface area contributed by atoms with E-state index in [1.807, 2.05) is 17.5 Å². The first-order chi connectivity index (χ1) is 10.6. The highest BCUT2D eigenvalue weighted by Crippen LogP contribution is 2.30. The topological polar surface area (TPSA) is 20.3 Å². The third-order valence-corrected chi connectivity index (χ3v) is 5.50. The number of likely N-dealkylation sites (tertiary alicyclic amines) is 1. The van der Waals surface area contributed by atoms with Gasteiger partial charge in [-0.25, -0.2) is 0 Å². The number of thiophene rings is 1. The van der Waals surface area contributed by atoms with Crippen molar-refractivity contribution in [3.05, 3.63) is 57.8 Å². The molecule has 116 valence electrons. The second-order valence-electron chi connectivity index (χ2n) is 6.29. The van der Waals surface area contributed by atoms with Crippen molar-refractivity contribution in [2.45, 2.75) is 51.6 Å². The van der Waals surface area contributed by atoms with Gasteiger partial charge in [0.1, 0.15) is 0 Å². The average Bonchev–Trinajstić information content (AvgIpc) is 3.16. The summed E-state index contributed by atoms with van der Waals surface area (Å²) in [6.45, 7) is 4.29. The number of carbonyl (C=O) groups is 1. The second kappa shape index (κ2) is 6.66. The third kappa shape index (κ3) is 3.25. The van der Waals surface area contributed by atoms with E-state index in [-0.39, 0.29) is 5.91 Å². The number of aryl methyl sites for hydroxylation is 2. The lowest BCUT2D eigenvalue weighted by molar-refractivity contribution is 0.0678. The molecule has 0 spiro atoms. The van der Waals surface area contributed by atoms with Crippen molar-refractivity contribution in [3.8, 4) is 0 Å². The Balaban J connectivity index is 1.67. The first-order valence-electron chi connectivity index (χ1n) is 8.07. The van der Waals surface area contributed by atoms with Crippen LogP contribution in [-0.2, 0) is 6.42 Å². The fraction of sp³-hybridized carbons (Fsp3) is 0.421. The van der Waals surface area contributed by atoms with E-state index in [9.17, 15) is 4.79 Å². The van der Waals surface area contributed by atoms with Crippen LogP contribution in [-0.4, -0.2) is 22.9 Å². The molecule has 1 saturated heterocycles. The maximum atomic E-state index is 12.7. The van der Waals surface area contributed by atoms with Gasteiger partial charge in [-0.05, 0) is 56.5 Å². The Morgan fingerprint density at radius 1 is 1.23 bits per heavy atom. The van der Waals surface area contributed by atoms with Crippen LogP contribution in [0.3, 0.4) is 0 Å². The predicted octanol–water partition coefficient (Wildman–Crippen LogP) is 4.68. The Hall–Kier alpha value is -1.61. The molecule has 2 heterocycles. The summed E-state index contributed by atoms with van der Waals surface area (Å²) >= 11 is 1.55. The molecule has 1 aliphatic heterocycles. The van der Waals surface area contributed by atoms with Crippen LogP contribution in [0.5, 0.6) is 0 Å². The van der Waals surface area contributed by atoms with E-state index in [1.54, 1.807) is 11.3 Å². The number of hydrogen-bond acceptors (Lipinski definition) is 2. The summed E-state index contributed by atoms with van der Waals surface area (Å²) in [5.74, 6) is 0.217. The van der Waals surface area contributed by atoms with Crippen LogP contribution in [0.2, 0.25) is 0 Å². The number of benzene rings is 1. The van der Waals surface area contributed by atoms with Gasteiger partial charge in [0.15, 0.2) is 0 Å². The first kappa shape index (κ1) is 15.3. The molecule has 2 nitrogen and oxygen atoms in total. The van der Waals surface area contributed by atoms with Gasteiger partial charge in [0.05, 0.1) is 4.88 Å². The molecule has 1 fully saturated rings. The lowest BCUT2D eigenvalue weighted by Crippen LogP contribution is -2.39.